The summed E-state index contributed by atoms with van der Waals surface area (Å²) in [5.74, 6) is -0.681. The number of aryl methyl sites for hydroxylation is 1. The van der Waals surface area contributed by atoms with Gasteiger partial charge in [0.2, 0.25) is 5.91 Å². The number of nitrogens with one attached hydrogen (secondary N) is 2. The molecule has 0 saturated carbocycles. The van der Waals surface area contributed by atoms with Crippen LogP contribution in [0.4, 0.5) is 0 Å². The van der Waals surface area contributed by atoms with Crippen LogP contribution in [-0.2, 0) is 4.79 Å². The SMILES string of the molecule is CC(=O)NCCNC(=O)c1cnc2cc(C)ccn2c1=O. The van der Waals surface area contributed by atoms with Crippen LogP contribution in [0.3, 0.4) is 0 Å². The van der Waals surface area contributed by atoms with Crippen molar-refractivity contribution in [2.75, 3.05) is 13.1 Å². The Bertz CT molecular complexity index is 751. The molecule has 0 aliphatic carbocycles. The van der Waals surface area contributed by atoms with Crippen molar-refractivity contribution in [1.29, 1.82) is 0 Å². The molecule has 7 nitrogen and oxygen atoms in total. The Morgan fingerprint density at radius 3 is 2.71 bits per heavy atom. The molecule has 0 aromatic carbocycles. The molecule has 110 valence electrons. The van der Waals surface area contributed by atoms with Crippen LogP contribution < -0.4 is 16.2 Å². The van der Waals surface area contributed by atoms with Gasteiger partial charge in [-0.2, -0.15) is 0 Å². The van der Waals surface area contributed by atoms with Crippen molar-refractivity contribution in [1.82, 2.24) is 20.0 Å². The molecule has 0 atom stereocenters. The quantitative estimate of drug-likeness (QED) is 0.766. The summed E-state index contributed by atoms with van der Waals surface area (Å²) in [6, 6.07) is 3.54. The summed E-state index contributed by atoms with van der Waals surface area (Å²) in [5, 5.41) is 5.11. The number of hydrogen-bond acceptors (Lipinski definition) is 4. The largest absolute Gasteiger partial charge is 0.355 e. The maximum Gasteiger partial charge on any atom is 0.270 e. The standard InChI is InChI=1S/C14H16N4O3/c1-9-3-6-18-12(7-9)17-8-11(14(18)21)13(20)16-5-4-15-10(2)19/h3,6-8H,4-5H2,1-2H3,(H,15,19)(H,16,20). The highest BCUT2D eigenvalue weighted by molar-refractivity contribution is 5.93. The number of amides is 2. The number of nitrogens with zero attached hydrogens (tertiary/aromatic N) is 2. The van der Waals surface area contributed by atoms with E-state index in [0.717, 1.165) is 5.56 Å². The van der Waals surface area contributed by atoms with Gasteiger partial charge >= 0.3 is 0 Å². The fourth-order valence-electron chi connectivity index (χ4n) is 1.84. The molecule has 0 unspecified atom stereocenters. The van der Waals surface area contributed by atoms with E-state index >= 15 is 0 Å². The molecule has 0 spiro atoms. The van der Waals surface area contributed by atoms with E-state index in [2.05, 4.69) is 15.6 Å². The first-order chi connectivity index (χ1) is 9.99. The molecule has 0 bridgehead atoms. The van der Waals surface area contributed by atoms with E-state index in [1.54, 1.807) is 18.3 Å². The Hall–Kier alpha value is -2.70. The number of aromatic nitrogens is 2. The van der Waals surface area contributed by atoms with Crippen molar-refractivity contribution in [2.45, 2.75) is 13.8 Å². The summed E-state index contributed by atoms with van der Waals surface area (Å²) in [6.07, 6.45) is 2.86. The smallest absolute Gasteiger partial charge is 0.270 e. The molecule has 0 aliphatic rings. The maximum atomic E-state index is 12.2. The first-order valence-corrected chi connectivity index (χ1v) is 6.49. The summed E-state index contributed by atoms with van der Waals surface area (Å²) in [5.41, 5.74) is 1.03. The molecule has 2 rings (SSSR count). The number of carbonyl (C=O) groups is 2. The molecule has 0 saturated heterocycles. The fraction of sp³-hybridized carbons (Fsp3) is 0.286. The van der Waals surface area contributed by atoms with Gasteiger partial charge < -0.3 is 10.6 Å². The van der Waals surface area contributed by atoms with Crippen LogP contribution in [0.1, 0.15) is 22.8 Å². The highest BCUT2D eigenvalue weighted by Crippen LogP contribution is 2.02. The van der Waals surface area contributed by atoms with Gasteiger partial charge in [0.1, 0.15) is 11.2 Å². The van der Waals surface area contributed by atoms with Crippen LogP contribution in [0, 0.1) is 6.92 Å². The average molecular weight is 288 g/mol. The second-order valence-corrected chi connectivity index (χ2v) is 4.65. The van der Waals surface area contributed by atoms with Gasteiger partial charge in [-0.15, -0.1) is 0 Å². The first-order valence-electron chi connectivity index (χ1n) is 6.49. The van der Waals surface area contributed by atoms with Crippen molar-refractivity contribution in [3.8, 4) is 0 Å². The third-order valence-corrected chi connectivity index (χ3v) is 2.89. The van der Waals surface area contributed by atoms with Crippen molar-refractivity contribution < 1.29 is 9.59 Å². The van der Waals surface area contributed by atoms with Crippen LogP contribution in [-0.4, -0.2) is 34.3 Å². The zero-order chi connectivity index (χ0) is 15.4. The third-order valence-electron chi connectivity index (χ3n) is 2.89. The molecule has 2 aromatic heterocycles. The molecular formula is C14H16N4O3. The minimum absolute atomic E-state index is 0.0285. The van der Waals surface area contributed by atoms with Gasteiger partial charge in [-0.1, -0.05) is 0 Å². The monoisotopic (exact) mass is 288 g/mol. The lowest BCUT2D eigenvalue weighted by Crippen LogP contribution is -2.36. The Morgan fingerprint density at radius 2 is 2.00 bits per heavy atom. The Kier molecular flexibility index (Phi) is 4.32. The minimum Gasteiger partial charge on any atom is -0.355 e. The second-order valence-electron chi connectivity index (χ2n) is 4.65. The molecule has 7 heteroatoms. The Labute approximate surface area is 121 Å². The number of rotatable bonds is 4. The van der Waals surface area contributed by atoms with Crippen LogP contribution >= 0.6 is 0 Å². The molecule has 0 fully saturated rings. The van der Waals surface area contributed by atoms with Gasteiger partial charge in [-0.05, 0) is 24.6 Å². The fourth-order valence-corrected chi connectivity index (χ4v) is 1.84. The van der Waals surface area contributed by atoms with Gasteiger partial charge in [-0.3, -0.25) is 18.8 Å². The van der Waals surface area contributed by atoms with Gasteiger partial charge in [0.05, 0.1) is 0 Å². The molecule has 2 amide bonds. The predicted octanol–water partition coefficient (Wildman–Crippen LogP) is -0.131. The Balaban J connectivity index is 2.16. The second kappa shape index (κ2) is 6.17. The first kappa shape index (κ1) is 14.7. The maximum absolute atomic E-state index is 12.2. The number of hydrogen-bond donors (Lipinski definition) is 2. The topological polar surface area (TPSA) is 92.6 Å². The average Bonchev–Trinajstić information content (AvgIpc) is 2.43. The molecule has 0 radical (unpaired) electrons. The van der Waals surface area contributed by atoms with E-state index < -0.39 is 11.5 Å². The lowest BCUT2D eigenvalue weighted by Gasteiger charge is -2.07. The molecular weight excluding hydrogens is 272 g/mol. The summed E-state index contributed by atoms with van der Waals surface area (Å²) in [7, 11) is 0. The number of pyridine rings is 1. The summed E-state index contributed by atoms with van der Waals surface area (Å²) in [4.78, 5) is 39.0. The van der Waals surface area contributed by atoms with Crippen molar-refractivity contribution in [3.05, 3.63) is 46.0 Å². The summed E-state index contributed by atoms with van der Waals surface area (Å²) in [6.45, 7) is 3.84. The van der Waals surface area contributed by atoms with Crippen LogP contribution in [0.25, 0.3) is 5.65 Å². The van der Waals surface area contributed by atoms with E-state index in [1.807, 2.05) is 6.92 Å². The van der Waals surface area contributed by atoms with Crippen molar-refractivity contribution >= 4 is 17.5 Å². The molecule has 2 aromatic rings. The van der Waals surface area contributed by atoms with E-state index in [4.69, 9.17) is 0 Å². The predicted molar refractivity (Wildman–Crippen MR) is 77.2 cm³/mol. The van der Waals surface area contributed by atoms with Gasteiger partial charge in [0, 0.05) is 32.4 Å². The third kappa shape index (κ3) is 3.44. The van der Waals surface area contributed by atoms with Crippen molar-refractivity contribution in [3.63, 3.8) is 0 Å². The number of fused-ring (bicyclic) bond motifs is 1. The van der Waals surface area contributed by atoms with Crippen LogP contribution in [0.15, 0.2) is 29.3 Å². The highest BCUT2D eigenvalue weighted by Gasteiger charge is 2.12. The minimum atomic E-state index is -0.507. The highest BCUT2D eigenvalue weighted by atomic mass is 16.2. The lowest BCUT2D eigenvalue weighted by molar-refractivity contribution is -0.118. The van der Waals surface area contributed by atoms with Crippen LogP contribution in [0.2, 0.25) is 0 Å². The van der Waals surface area contributed by atoms with E-state index in [0.29, 0.717) is 12.2 Å². The zero-order valence-electron chi connectivity index (χ0n) is 11.8. The van der Waals surface area contributed by atoms with E-state index in [9.17, 15) is 14.4 Å². The van der Waals surface area contributed by atoms with Gasteiger partial charge in [0.15, 0.2) is 0 Å². The lowest BCUT2D eigenvalue weighted by atomic mass is 10.2. The molecule has 2 heterocycles. The normalized spacial score (nSPS) is 10.4. The summed E-state index contributed by atoms with van der Waals surface area (Å²) >= 11 is 0. The van der Waals surface area contributed by atoms with E-state index in [1.165, 1.54) is 17.5 Å². The van der Waals surface area contributed by atoms with Gasteiger partial charge in [0.25, 0.3) is 11.5 Å². The zero-order valence-corrected chi connectivity index (χ0v) is 11.8. The van der Waals surface area contributed by atoms with Crippen LogP contribution in [0.5, 0.6) is 0 Å². The molecule has 2 N–H and O–H groups in total. The van der Waals surface area contributed by atoms with Crippen molar-refractivity contribution in [2.24, 2.45) is 0 Å². The molecule has 0 aliphatic heterocycles. The Morgan fingerprint density at radius 1 is 1.29 bits per heavy atom. The van der Waals surface area contributed by atoms with Gasteiger partial charge in [-0.25, -0.2) is 4.98 Å². The number of carbonyl (C=O) groups excluding carboxylic acids is 2. The summed E-state index contributed by atoms with van der Waals surface area (Å²) < 4.78 is 1.33. The van der Waals surface area contributed by atoms with E-state index in [-0.39, 0.29) is 18.0 Å². The molecule has 21 heavy (non-hydrogen) atoms.